The number of hydrogen-bond donors (Lipinski definition) is 1. The third kappa shape index (κ3) is 3.30. The second kappa shape index (κ2) is 8.65. The summed E-state index contributed by atoms with van der Waals surface area (Å²) in [5.41, 5.74) is -7.12. The van der Waals surface area contributed by atoms with Gasteiger partial charge in [0.15, 0.2) is 17.1 Å². The molecule has 0 unspecified atom stereocenters. The van der Waals surface area contributed by atoms with E-state index in [1.54, 1.807) is 13.8 Å². The van der Waals surface area contributed by atoms with Crippen LogP contribution >= 0.6 is 23.3 Å². The SMILES string of the molecule is C[C@@H]1C[C@H]2[C@@H]3C[C@H](F)C4=CC(O)=CC(=O)[C@]4(C)[C@@]3(F)CC[C@]2(C)[C@@]1(OC(=O)c1csnn1)C(=O)SCF. The Bertz CT molecular complexity index is 1220. The summed E-state index contributed by atoms with van der Waals surface area (Å²) >= 11 is 1.32. The molecule has 1 N–H and O–H groups in total. The van der Waals surface area contributed by atoms with Crippen molar-refractivity contribution in [2.75, 3.05) is 6.01 Å². The van der Waals surface area contributed by atoms with Crippen molar-refractivity contribution in [2.45, 2.75) is 63.9 Å². The number of fused-ring (bicyclic) bond motifs is 5. The summed E-state index contributed by atoms with van der Waals surface area (Å²) in [5.74, 6) is -4.26. The number of aliphatic hydroxyl groups is 1. The van der Waals surface area contributed by atoms with Crippen molar-refractivity contribution in [1.29, 1.82) is 0 Å². The highest BCUT2D eigenvalue weighted by atomic mass is 32.2. The molecule has 5 rings (SSSR count). The van der Waals surface area contributed by atoms with E-state index in [0.29, 0.717) is 11.8 Å². The van der Waals surface area contributed by atoms with Crippen LogP contribution in [0.2, 0.25) is 0 Å². The lowest BCUT2D eigenvalue weighted by Crippen LogP contribution is -2.67. The van der Waals surface area contributed by atoms with Crippen LogP contribution in [0.4, 0.5) is 13.2 Å². The van der Waals surface area contributed by atoms with Gasteiger partial charge in [-0.2, -0.15) is 0 Å². The number of carbonyl (C=O) groups excluding carboxylic acids is 3. The normalized spacial score (nSPS) is 42.7. The van der Waals surface area contributed by atoms with Gasteiger partial charge < -0.3 is 9.84 Å². The van der Waals surface area contributed by atoms with E-state index in [-0.39, 0.29) is 37.0 Å². The number of rotatable bonds is 4. The van der Waals surface area contributed by atoms with Gasteiger partial charge in [-0.1, -0.05) is 18.3 Å². The van der Waals surface area contributed by atoms with Crippen LogP contribution in [0.15, 0.2) is 28.9 Å². The molecule has 4 aliphatic rings. The fourth-order valence-electron chi connectivity index (χ4n) is 7.81. The maximum Gasteiger partial charge on any atom is 0.360 e. The van der Waals surface area contributed by atoms with E-state index in [0.717, 1.165) is 23.7 Å². The third-order valence-corrected chi connectivity index (χ3v) is 10.8. The Morgan fingerprint density at radius 1 is 1.24 bits per heavy atom. The molecule has 1 heterocycles. The van der Waals surface area contributed by atoms with Crippen LogP contribution in [-0.4, -0.2) is 55.0 Å². The Labute approximate surface area is 220 Å². The highest BCUT2D eigenvalue weighted by Crippen LogP contribution is 2.72. The first kappa shape index (κ1) is 26.4. The standard InChI is InChI=1S/C25H27F3N2O5S2/c1-12-6-14-15-9-17(27)16-7-13(31)8-19(32)23(16,3)24(15,28)5-4-22(14,2)25(12,21(34)36-11-26)35-20(33)18-10-37-30-29-18/h7-8,10,12,14-15,17,31H,4-6,9,11H2,1-3H3/t12-,14+,15+,17+,22+,23-,24-,25+/m1/s1. The maximum absolute atomic E-state index is 17.3. The number of allylic oxidation sites excluding steroid dienone is 3. The van der Waals surface area contributed by atoms with Crippen molar-refractivity contribution in [3.8, 4) is 0 Å². The summed E-state index contributed by atoms with van der Waals surface area (Å²) in [6.45, 7) is 4.80. The van der Waals surface area contributed by atoms with Crippen molar-refractivity contribution in [1.82, 2.24) is 9.59 Å². The van der Waals surface area contributed by atoms with Crippen molar-refractivity contribution >= 4 is 40.2 Å². The highest BCUT2D eigenvalue weighted by molar-refractivity contribution is 8.13. The van der Waals surface area contributed by atoms with Gasteiger partial charge in [-0.3, -0.25) is 9.59 Å². The third-order valence-electron chi connectivity index (χ3n) is 9.64. The molecule has 37 heavy (non-hydrogen) atoms. The van der Waals surface area contributed by atoms with Gasteiger partial charge in [-0.15, -0.1) is 5.10 Å². The molecule has 8 atom stereocenters. The first-order valence-electron chi connectivity index (χ1n) is 12.1. The Hall–Kier alpha value is -2.21. The molecule has 0 saturated heterocycles. The van der Waals surface area contributed by atoms with Crippen LogP contribution < -0.4 is 0 Å². The van der Waals surface area contributed by atoms with Crippen molar-refractivity contribution in [3.63, 3.8) is 0 Å². The average molecular weight is 557 g/mol. The molecular formula is C25H27F3N2O5S2. The predicted octanol–water partition coefficient (Wildman–Crippen LogP) is 5.10. The van der Waals surface area contributed by atoms with E-state index in [9.17, 15) is 23.9 Å². The number of esters is 1. The number of halogens is 3. The van der Waals surface area contributed by atoms with Crippen LogP contribution in [0.25, 0.3) is 0 Å². The highest BCUT2D eigenvalue weighted by Gasteiger charge is 2.77. The van der Waals surface area contributed by atoms with Gasteiger partial charge in [0, 0.05) is 28.7 Å². The van der Waals surface area contributed by atoms with Crippen LogP contribution in [-0.2, 0) is 14.3 Å². The molecule has 12 heteroatoms. The van der Waals surface area contributed by atoms with Crippen LogP contribution in [0.3, 0.4) is 0 Å². The van der Waals surface area contributed by atoms with Crippen molar-refractivity contribution in [2.24, 2.45) is 28.6 Å². The monoisotopic (exact) mass is 556 g/mol. The van der Waals surface area contributed by atoms with E-state index in [4.69, 9.17) is 4.74 Å². The number of alkyl halides is 3. The minimum Gasteiger partial charge on any atom is -0.508 e. The molecule has 7 nitrogen and oxygen atoms in total. The second-order valence-corrected chi connectivity index (χ2v) is 12.4. The van der Waals surface area contributed by atoms with Crippen molar-refractivity contribution in [3.05, 3.63) is 34.6 Å². The summed E-state index contributed by atoms with van der Waals surface area (Å²) < 4.78 is 56.0. The molecule has 0 amide bonds. The van der Waals surface area contributed by atoms with Gasteiger partial charge in [0.1, 0.15) is 23.6 Å². The number of aliphatic hydroxyl groups excluding tert-OH is 1. The van der Waals surface area contributed by atoms with Gasteiger partial charge in [0.2, 0.25) is 5.12 Å². The number of aromatic nitrogens is 2. The van der Waals surface area contributed by atoms with E-state index in [2.05, 4.69) is 9.59 Å². The minimum absolute atomic E-state index is 0.0407. The minimum atomic E-state index is -2.16. The lowest BCUT2D eigenvalue weighted by molar-refractivity contribution is -0.187. The molecule has 200 valence electrons. The predicted molar refractivity (Wildman–Crippen MR) is 130 cm³/mol. The quantitative estimate of drug-likeness (QED) is 0.511. The van der Waals surface area contributed by atoms with Crippen LogP contribution in [0.5, 0.6) is 0 Å². The molecule has 0 spiro atoms. The number of ketones is 1. The lowest BCUT2D eigenvalue weighted by atomic mass is 9.44. The average Bonchev–Trinajstić information content (AvgIpc) is 3.45. The van der Waals surface area contributed by atoms with Crippen LogP contribution in [0, 0.1) is 28.6 Å². The Balaban J connectivity index is 1.61. The Morgan fingerprint density at radius 3 is 2.62 bits per heavy atom. The molecule has 0 aliphatic heterocycles. The number of thioether (sulfide) groups is 1. The first-order chi connectivity index (χ1) is 17.4. The van der Waals surface area contributed by atoms with Gasteiger partial charge in [-0.25, -0.2) is 18.0 Å². The number of nitrogens with zero attached hydrogens (tertiary/aromatic N) is 2. The van der Waals surface area contributed by atoms with Gasteiger partial charge >= 0.3 is 5.97 Å². The fraction of sp³-hybridized carbons (Fsp3) is 0.640. The van der Waals surface area contributed by atoms with E-state index in [1.165, 1.54) is 12.3 Å². The summed E-state index contributed by atoms with van der Waals surface area (Å²) in [6.07, 6.45) is 0.180. The zero-order chi connectivity index (χ0) is 27.0. The van der Waals surface area contributed by atoms with Gasteiger partial charge in [0.25, 0.3) is 0 Å². The molecule has 3 saturated carbocycles. The number of carbonyl (C=O) groups is 3. The van der Waals surface area contributed by atoms with E-state index < -0.39 is 74.7 Å². The van der Waals surface area contributed by atoms with Crippen molar-refractivity contribution < 1.29 is 37.4 Å². The number of hydrogen-bond acceptors (Lipinski definition) is 9. The molecule has 0 radical (unpaired) electrons. The summed E-state index contributed by atoms with van der Waals surface area (Å²) in [6, 6.07) is -1.04. The van der Waals surface area contributed by atoms with Gasteiger partial charge in [0.05, 0.1) is 5.41 Å². The molecule has 1 aromatic heterocycles. The Kier molecular flexibility index (Phi) is 6.18. The van der Waals surface area contributed by atoms with E-state index >= 15 is 8.78 Å². The second-order valence-electron chi connectivity index (χ2n) is 10.9. The lowest BCUT2D eigenvalue weighted by Gasteiger charge is -2.61. The largest absolute Gasteiger partial charge is 0.508 e. The number of ether oxygens (including phenoxy) is 1. The maximum atomic E-state index is 17.3. The molecule has 0 bridgehead atoms. The molecule has 4 aliphatic carbocycles. The van der Waals surface area contributed by atoms with Gasteiger partial charge in [-0.05, 0) is 73.5 Å². The molecule has 0 aromatic carbocycles. The summed E-state index contributed by atoms with van der Waals surface area (Å²) in [4.78, 5) is 39.8. The first-order valence-corrected chi connectivity index (χ1v) is 13.9. The van der Waals surface area contributed by atoms with Crippen LogP contribution in [0.1, 0.15) is 56.9 Å². The zero-order valence-electron chi connectivity index (χ0n) is 20.5. The molecular weight excluding hydrogens is 529 g/mol. The summed E-state index contributed by atoms with van der Waals surface area (Å²) in [7, 11) is 0. The zero-order valence-corrected chi connectivity index (χ0v) is 22.1. The topological polar surface area (TPSA) is 106 Å². The smallest absolute Gasteiger partial charge is 0.360 e. The van der Waals surface area contributed by atoms with E-state index in [1.807, 2.05) is 0 Å². The molecule has 1 aromatic rings. The molecule has 3 fully saturated rings. The fourth-order valence-corrected chi connectivity index (χ4v) is 9.02. The summed E-state index contributed by atoms with van der Waals surface area (Å²) in [5, 5.41) is 14.4. The Morgan fingerprint density at radius 2 is 1.97 bits per heavy atom.